The first-order valence-electron chi connectivity index (χ1n) is 13.8. The van der Waals surface area contributed by atoms with Crippen LogP contribution in [0.2, 0.25) is 0 Å². The second-order valence-corrected chi connectivity index (χ2v) is 10.7. The smallest absolute Gasteiger partial charge is 0.336 e. The van der Waals surface area contributed by atoms with Crippen molar-refractivity contribution >= 4 is 17.5 Å². The van der Waals surface area contributed by atoms with Crippen LogP contribution in [0.15, 0.2) is 70.9 Å². The Bertz CT molecular complexity index is 1680. The Morgan fingerprint density at radius 3 is 2.23 bits per heavy atom. The molecule has 3 aromatic rings. The van der Waals surface area contributed by atoms with Gasteiger partial charge in [0.1, 0.15) is 13.2 Å². The summed E-state index contributed by atoms with van der Waals surface area (Å²) in [5.41, 5.74) is -0.818. The minimum atomic E-state index is -2.35. The van der Waals surface area contributed by atoms with Crippen molar-refractivity contribution in [2.24, 2.45) is 10.9 Å². The van der Waals surface area contributed by atoms with Crippen molar-refractivity contribution in [2.75, 3.05) is 26.3 Å². The molecule has 44 heavy (non-hydrogen) atoms. The Morgan fingerprint density at radius 2 is 1.52 bits per heavy atom. The molecule has 3 aliphatic rings. The minimum Gasteiger partial charge on any atom is -0.486 e. The Kier molecular flexibility index (Phi) is 7.93. The fourth-order valence-corrected chi connectivity index (χ4v) is 5.86. The third kappa shape index (κ3) is 5.34. The molecule has 0 saturated carbocycles. The van der Waals surface area contributed by atoms with E-state index >= 15 is 8.78 Å². The van der Waals surface area contributed by atoms with Crippen molar-refractivity contribution < 1.29 is 45.8 Å². The first-order valence-corrected chi connectivity index (χ1v) is 13.8. The number of allylic oxidation sites excluding steroid dienone is 1. The van der Waals surface area contributed by atoms with Gasteiger partial charge in [0, 0.05) is 36.0 Å². The summed E-state index contributed by atoms with van der Waals surface area (Å²) in [4.78, 5) is 33.4. The molecule has 0 aromatic heterocycles. The van der Waals surface area contributed by atoms with Crippen molar-refractivity contribution in [2.45, 2.75) is 25.5 Å². The molecule has 3 unspecified atom stereocenters. The fourth-order valence-electron chi connectivity index (χ4n) is 5.86. The molecule has 228 valence electrons. The largest absolute Gasteiger partial charge is 0.486 e. The zero-order valence-electron chi connectivity index (χ0n) is 23.3. The zero-order valence-corrected chi connectivity index (χ0v) is 23.3. The lowest BCUT2D eigenvalue weighted by Gasteiger charge is -2.39. The average molecular weight is 613 g/mol. The topological polar surface area (TPSA) is 77.4 Å². The molecule has 1 saturated heterocycles. The van der Waals surface area contributed by atoms with Crippen molar-refractivity contribution in [1.29, 1.82) is 0 Å². The Labute approximate surface area is 248 Å². The van der Waals surface area contributed by atoms with Crippen LogP contribution in [-0.2, 0) is 20.9 Å². The van der Waals surface area contributed by atoms with Crippen LogP contribution < -0.4 is 9.47 Å². The van der Waals surface area contributed by atoms with Crippen LogP contribution in [-0.4, -0.2) is 54.8 Å². The molecule has 6 rings (SSSR count). The Hall–Kier alpha value is -4.58. The number of piperidine rings is 1. The van der Waals surface area contributed by atoms with E-state index in [1.54, 1.807) is 29.2 Å². The molecular formula is C32H25F5N2O5. The molecular weight excluding hydrogens is 587 g/mol. The summed E-state index contributed by atoms with van der Waals surface area (Å²) in [6.07, 6.45) is -0.757. The van der Waals surface area contributed by atoms with Crippen molar-refractivity contribution in [3.05, 3.63) is 106 Å². The molecule has 7 nitrogen and oxygen atoms in total. The predicted molar refractivity (Wildman–Crippen MR) is 147 cm³/mol. The van der Waals surface area contributed by atoms with Crippen LogP contribution in [0.5, 0.6) is 11.5 Å². The van der Waals surface area contributed by atoms with E-state index in [1.807, 2.05) is 30.3 Å². The van der Waals surface area contributed by atoms with Crippen LogP contribution in [0.25, 0.3) is 0 Å². The first-order chi connectivity index (χ1) is 21.1. The number of ketones is 1. The van der Waals surface area contributed by atoms with Gasteiger partial charge in [-0.15, -0.1) is 0 Å². The second-order valence-electron chi connectivity index (χ2n) is 10.7. The molecule has 0 aliphatic carbocycles. The van der Waals surface area contributed by atoms with Gasteiger partial charge in [0.2, 0.25) is 5.82 Å². The van der Waals surface area contributed by atoms with Gasteiger partial charge in [0.05, 0.1) is 18.0 Å². The number of hydrogen-bond donors (Lipinski definition) is 0. The number of likely N-dealkylation sites (tertiary alicyclic amines) is 1. The van der Waals surface area contributed by atoms with Gasteiger partial charge in [-0.2, -0.15) is 0 Å². The van der Waals surface area contributed by atoms with E-state index in [0.717, 1.165) is 5.56 Å². The number of para-hydroxylation sites is 2. The van der Waals surface area contributed by atoms with E-state index < -0.39 is 69.9 Å². The monoisotopic (exact) mass is 612 g/mol. The molecule has 3 aromatic carbocycles. The van der Waals surface area contributed by atoms with Crippen LogP contribution >= 0.6 is 0 Å². The first kappa shape index (κ1) is 29.5. The number of rotatable bonds is 6. The number of fused-ring (bicyclic) bond motifs is 2. The van der Waals surface area contributed by atoms with Crippen LogP contribution in [0, 0.1) is 35.0 Å². The van der Waals surface area contributed by atoms with E-state index in [2.05, 4.69) is 4.99 Å². The number of halogens is 5. The van der Waals surface area contributed by atoms with Crippen molar-refractivity contribution in [3.8, 4) is 11.5 Å². The lowest BCUT2D eigenvalue weighted by atomic mass is 9.71. The minimum absolute atomic E-state index is 0.0179. The number of esters is 1. The predicted octanol–water partition coefficient (Wildman–Crippen LogP) is 5.28. The number of carbonyl (C=O) groups excluding carboxylic acids is 2. The van der Waals surface area contributed by atoms with Gasteiger partial charge < -0.3 is 14.2 Å². The summed E-state index contributed by atoms with van der Waals surface area (Å²) in [6.45, 7) is 1.20. The van der Waals surface area contributed by atoms with Crippen molar-refractivity contribution in [3.63, 3.8) is 0 Å². The third-order valence-corrected chi connectivity index (χ3v) is 7.81. The van der Waals surface area contributed by atoms with Crippen LogP contribution in [0.4, 0.5) is 22.0 Å². The molecule has 3 heterocycles. The normalized spacial score (nSPS) is 21.5. The van der Waals surface area contributed by atoms with E-state index in [-0.39, 0.29) is 37.7 Å². The number of Topliss-reactive ketones (excluding diaryl/α,β-unsaturated/α-hetero) is 1. The van der Waals surface area contributed by atoms with E-state index in [1.165, 1.54) is 6.92 Å². The van der Waals surface area contributed by atoms with E-state index in [9.17, 15) is 22.8 Å². The number of ether oxygens (including phenoxy) is 3. The lowest BCUT2D eigenvalue weighted by molar-refractivity contribution is -0.143. The van der Waals surface area contributed by atoms with E-state index in [4.69, 9.17) is 14.2 Å². The Morgan fingerprint density at radius 1 is 0.886 bits per heavy atom. The SMILES string of the molecule is CC1=C(C(=O)OCC2COc3ccccc3O2)C(c2c(F)c(F)c(F)c(F)c2F)C2C(=O)CN(Cc3ccccc3)CC2=N1. The van der Waals surface area contributed by atoms with Gasteiger partial charge in [-0.3, -0.25) is 14.7 Å². The maximum atomic E-state index is 15.3. The van der Waals surface area contributed by atoms with Crippen molar-refractivity contribution in [1.82, 2.24) is 4.90 Å². The maximum absolute atomic E-state index is 15.3. The molecule has 0 spiro atoms. The van der Waals surface area contributed by atoms with Crippen LogP contribution in [0.3, 0.4) is 0 Å². The van der Waals surface area contributed by atoms with E-state index in [0.29, 0.717) is 18.0 Å². The highest BCUT2D eigenvalue weighted by atomic mass is 19.2. The number of aliphatic imine (C=N–C) groups is 1. The van der Waals surface area contributed by atoms with Gasteiger partial charge in [-0.05, 0) is 24.6 Å². The van der Waals surface area contributed by atoms with Crippen LogP contribution in [0.1, 0.15) is 24.0 Å². The molecule has 3 atom stereocenters. The van der Waals surface area contributed by atoms with Gasteiger partial charge in [0.25, 0.3) is 0 Å². The quantitative estimate of drug-likeness (QED) is 0.163. The number of carbonyl (C=O) groups is 2. The maximum Gasteiger partial charge on any atom is 0.336 e. The summed E-state index contributed by atoms with van der Waals surface area (Å²) in [5, 5.41) is 0. The lowest BCUT2D eigenvalue weighted by Crippen LogP contribution is -2.51. The molecule has 0 bridgehead atoms. The summed E-state index contributed by atoms with van der Waals surface area (Å²) >= 11 is 0. The molecule has 1 fully saturated rings. The molecule has 3 aliphatic heterocycles. The molecule has 0 radical (unpaired) electrons. The number of nitrogens with zero attached hydrogens (tertiary/aromatic N) is 2. The van der Waals surface area contributed by atoms with Gasteiger partial charge in [-0.1, -0.05) is 42.5 Å². The third-order valence-electron chi connectivity index (χ3n) is 7.81. The summed E-state index contributed by atoms with van der Waals surface area (Å²) in [6, 6.07) is 16.0. The Balaban J connectivity index is 1.35. The highest BCUT2D eigenvalue weighted by Crippen LogP contribution is 2.44. The number of hydrogen-bond acceptors (Lipinski definition) is 7. The number of benzene rings is 3. The van der Waals surface area contributed by atoms with Gasteiger partial charge in [0.15, 0.2) is 46.7 Å². The average Bonchev–Trinajstić information content (AvgIpc) is 3.02. The summed E-state index contributed by atoms with van der Waals surface area (Å²) in [7, 11) is 0. The second kappa shape index (κ2) is 11.8. The van der Waals surface area contributed by atoms with Gasteiger partial charge >= 0.3 is 5.97 Å². The molecule has 0 N–H and O–H groups in total. The molecule has 12 heteroatoms. The summed E-state index contributed by atoms with van der Waals surface area (Å²) in [5.74, 6) is -15.2. The van der Waals surface area contributed by atoms with Gasteiger partial charge in [-0.25, -0.2) is 26.7 Å². The zero-order chi connectivity index (χ0) is 31.1. The highest BCUT2D eigenvalue weighted by molar-refractivity contribution is 6.13. The standard InChI is InChI=1S/C32H25F5N2O5/c1-16-23(32(41)43-15-18-14-42-21-9-5-6-10-22(21)44-18)25(26-27(33)29(35)31(37)30(36)28(26)34)24-19(38-16)12-39(13-20(24)40)11-17-7-3-2-4-8-17/h2-10,18,24-25H,11-15H2,1H3. The summed E-state index contributed by atoms with van der Waals surface area (Å²) < 4.78 is 90.5. The molecule has 0 amide bonds. The fraction of sp³-hybridized carbons (Fsp3) is 0.281. The highest BCUT2D eigenvalue weighted by Gasteiger charge is 2.49.